The zero-order valence-electron chi connectivity index (χ0n) is 12.8. The molecule has 0 heterocycles. The van der Waals surface area contributed by atoms with Crippen molar-refractivity contribution in [3.05, 3.63) is 24.3 Å². The van der Waals surface area contributed by atoms with E-state index in [9.17, 15) is 0 Å². The van der Waals surface area contributed by atoms with Crippen molar-refractivity contribution in [3.8, 4) is 11.5 Å². The number of ether oxygens (including phenoxy) is 2. The van der Waals surface area contributed by atoms with E-state index >= 15 is 0 Å². The minimum absolute atomic E-state index is 0.239. The number of hydrogen-bond donors (Lipinski definition) is 1. The van der Waals surface area contributed by atoms with Gasteiger partial charge in [0.05, 0.1) is 6.61 Å². The Morgan fingerprint density at radius 3 is 2.15 bits per heavy atom. The highest BCUT2D eigenvalue weighted by Crippen LogP contribution is 2.17. The van der Waals surface area contributed by atoms with Gasteiger partial charge in [-0.1, -0.05) is 0 Å². The summed E-state index contributed by atoms with van der Waals surface area (Å²) < 4.78 is 11.1. The number of aliphatic hydroxyl groups excluding tert-OH is 1. The second-order valence-electron chi connectivity index (χ2n) is 4.96. The average molecular weight is 281 g/mol. The fourth-order valence-electron chi connectivity index (χ4n) is 1.98. The third kappa shape index (κ3) is 6.26. The molecule has 1 N–H and O–H groups in total. The topological polar surface area (TPSA) is 41.9 Å². The van der Waals surface area contributed by atoms with Gasteiger partial charge in [0.1, 0.15) is 18.1 Å². The monoisotopic (exact) mass is 281 g/mol. The van der Waals surface area contributed by atoms with Gasteiger partial charge in [-0.2, -0.15) is 0 Å². The summed E-state index contributed by atoms with van der Waals surface area (Å²) in [6.07, 6.45) is 0.807. The lowest BCUT2D eigenvalue weighted by molar-refractivity contribution is 0.160. The molecule has 0 aromatic heterocycles. The maximum atomic E-state index is 8.90. The summed E-state index contributed by atoms with van der Waals surface area (Å²) in [5.41, 5.74) is 0. The molecule has 4 heteroatoms. The van der Waals surface area contributed by atoms with E-state index in [0.29, 0.717) is 19.3 Å². The van der Waals surface area contributed by atoms with Crippen molar-refractivity contribution in [1.82, 2.24) is 4.90 Å². The average Bonchev–Trinajstić information content (AvgIpc) is 2.44. The lowest BCUT2D eigenvalue weighted by atomic mass is 10.3. The standard InChI is InChI=1S/C16H27NO3/c1-4-19-15-6-8-16(9-7-15)20-13-11-17(14(2)3)10-5-12-18/h6-9,14,18H,4-5,10-13H2,1-3H3. The summed E-state index contributed by atoms with van der Waals surface area (Å²) in [6.45, 7) is 9.63. The Kier molecular flexibility index (Phi) is 8.07. The van der Waals surface area contributed by atoms with Crippen molar-refractivity contribution >= 4 is 0 Å². The maximum Gasteiger partial charge on any atom is 0.119 e. The van der Waals surface area contributed by atoms with Gasteiger partial charge in [-0.05, 0) is 51.5 Å². The van der Waals surface area contributed by atoms with Crippen molar-refractivity contribution in [1.29, 1.82) is 0 Å². The molecule has 114 valence electrons. The molecule has 1 rings (SSSR count). The van der Waals surface area contributed by atoms with Crippen LogP contribution >= 0.6 is 0 Å². The number of hydrogen-bond acceptors (Lipinski definition) is 4. The van der Waals surface area contributed by atoms with E-state index < -0.39 is 0 Å². The van der Waals surface area contributed by atoms with Gasteiger partial charge < -0.3 is 14.6 Å². The molecule has 0 atom stereocenters. The molecule has 0 aliphatic rings. The van der Waals surface area contributed by atoms with Crippen LogP contribution in [0, 0.1) is 0 Å². The van der Waals surface area contributed by atoms with Crippen molar-refractivity contribution in [3.63, 3.8) is 0 Å². The minimum Gasteiger partial charge on any atom is -0.494 e. The molecule has 0 aliphatic heterocycles. The SMILES string of the molecule is CCOc1ccc(OCCN(CCCO)C(C)C)cc1. The van der Waals surface area contributed by atoms with Gasteiger partial charge in [-0.25, -0.2) is 0 Å². The van der Waals surface area contributed by atoms with E-state index in [1.165, 1.54) is 0 Å². The van der Waals surface area contributed by atoms with Crippen LogP contribution in [0.25, 0.3) is 0 Å². The zero-order valence-corrected chi connectivity index (χ0v) is 12.8. The Morgan fingerprint density at radius 2 is 1.65 bits per heavy atom. The predicted molar refractivity (Wildman–Crippen MR) is 81.5 cm³/mol. The van der Waals surface area contributed by atoms with Crippen LogP contribution in [0.2, 0.25) is 0 Å². The Morgan fingerprint density at radius 1 is 1.05 bits per heavy atom. The number of nitrogens with zero attached hydrogens (tertiary/aromatic N) is 1. The Balaban J connectivity index is 2.34. The quantitative estimate of drug-likeness (QED) is 0.715. The highest BCUT2D eigenvalue weighted by atomic mass is 16.5. The molecule has 0 unspecified atom stereocenters. The molecule has 20 heavy (non-hydrogen) atoms. The first-order chi connectivity index (χ1) is 9.67. The van der Waals surface area contributed by atoms with E-state index in [-0.39, 0.29) is 6.61 Å². The molecule has 0 aliphatic carbocycles. The van der Waals surface area contributed by atoms with E-state index in [2.05, 4.69) is 18.7 Å². The highest BCUT2D eigenvalue weighted by Gasteiger charge is 2.08. The van der Waals surface area contributed by atoms with Crippen LogP contribution in [-0.2, 0) is 0 Å². The van der Waals surface area contributed by atoms with Crippen molar-refractivity contribution in [2.45, 2.75) is 33.2 Å². The smallest absolute Gasteiger partial charge is 0.119 e. The van der Waals surface area contributed by atoms with Crippen molar-refractivity contribution < 1.29 is 14.6 Å². The largest absolute Gasteiger partial charge is 0.494 e. The van der Waals surface area contributed by atoms with E-state index in [0.717, 1.165) is 31.0 Å². The van der Waals surface area contributed by atoms with Gasteiger partial charge in [0.25, 0.3) is 0 Å². The molecule has 0 spiro atoms. The first kappa shape index (κ1) is 16.8. The third-order valence-corrected chi connectivity index (χ3v) is 3.12. The fraction of sp³-hybridized carbons (Fsp3) is 0.625. The van der Waals surface area contributed by atoms with E-state index in [1.54, 1.807) is 0 Å². The van der Waals surface area contributed by atoms with Crippen LogP contribution in [0.4, 0.5) is 0 Å². The van der Waals surface area contributed by atoms with Gasteiger partial charge >= 0.3 is 0 Å². The molecule has 1 aromatic rings. The number of benzene rings is 1. The van der Waals surface area contributed by atoms with E-state index in [1.807, 2.05) is 31.2 Å². The summed E-state index contributed by atoms with van der Waals surface area (Å²) in [7, 11) is 0. The normalized spacial score (nSPS) is 11.1. The number of aliphatic hydroxyl groups is 1. The third-order valence-electron chi connectivity index (χ3n) is 3.12. The molecule has 0 amide bonds. The van der Waals surface area contributed by atoms with Gasteiger partial charge in [0.2, 0.25) is 0 Å². The van der Waals surface area contributed by atoms with Crippen molar-refractivity contribution in [2.75, 3.05) is 32.9 Å². The molecule has 0 radical (unpaired) electrons. The predicted octanol–water partition coefficient (Wildman–Crippen LogP) is 2.56. The second kappa shape index (κ2) is 9.61. The van der Waals surface area contributed by atoms with E-state index in [4.69, 9.17) is 14.6 Å². The van der Waals surface area contributed by atoms with Gasteiger partial charge in [0.15, 0.2) is 0 Å². The van der Waals surface area contributed by atoms with Gasteiger partial charge in [0, 0.05) is 25.7 Å². The second-order valence-corrected chi connectivity index (χ2v) is 4.96. The lowest BCUT2D eigenvalue weighted by Gasteiger charge is -2.26. The van der Waals surface area contributed by atoms with Crippen LogP contribution < -0.4 is 9.47 Å². The maximum absolute atomic E-state index is 8.90. The van der Waals surface area contributed by atoms with Crippen LogP contribution in [0.3, 0.4) is 0 Å². The van der Waals surface area contributed by atoms with Crippen LogP contribution in [0.1, 0.15) is 27.2 Å². The molecule has 4 nitrogen and oxygen atoms in total. The molecular formula is C16H27NO3. The van der Waals surface area contributed by atoms with Crippen LogP contribution in [-0.4, -0.2) is 49.0 Å². The highest BCUT2D eigenvalue weighted by molar-refractivity contribution is 5.31. The molecule has 0 fully saturated rings. The Bertz CT molecular complexity index is 351. The summed E-state index contributed by atoms with van der Waals surface area (Å²) in [5.74, 6) is 1.73. The zero-order chi connectivity index (χ0) is 14.8. The Labute approximate surface area is 122 Å². The van der Waals surface area contributed by atoms with Crippen molar-refractivity contribution in [2.24, 2.45) is 0 Å². The molecule has 1 aromatic carbocycles. The summed E-state index contributed by atoms with van der Waals surface area (Å²) in [4.78, 5) is 2.31. The lowest BCUT2D eigenvalue weighted by Crippen LogP contribution is -2.35. The number of rotatable bonds is 10. The summed E-state index contributed by atoms with van der Waals surface area (Å²) in [5, 5.41) is 8.90. The summed E-state index contributed by atoms with van der Waals surface area (Å²) >= 11 is 0. The fourth-order valence-corrected chi connectivity index (χ4v) is 1.98. The molecular weight excluding hydrogens is 254 g/mol. The van der Waals surface area contributed by atoms with Gasteiger partial charge in [-0.3, -0.25) is 4.90 Å². The van der Waals surface area contributed by atoms with Crippen LogP contribution in [0.5, 0.6) is 11.5 Å². The first-order valence-electron chi connectivity index (χ1n) is 7.38. The summed E-state index contributed by atoms with van der Waals surface area (Å²) in [6, 6.07) is 8.16. The molecule has 0 saturated carbocycles. The minimum atomic E-state index is 0.239. The van der Waals surface area contributed by atoms with Crippen LogP contribution in [0.15, 0.2) is 24.3 Å². The van der Waals surface area contributed by atoms with Gasteiger partial charge in [-0.15, -0.1) is 0 Å². The molecule has 0 bridgehead atoms. The molecule has 0 saturated heterocycles. The first-order valence-corrected chi connectivity index (χ1v) is 7.38. The Hall–Kier alpha value is -1.26.